The third-order valence-corrected chi connectivity index (χ3v) is 4.68. The number of nitrogens with one attached hydrogen (secondary N) is 1. The van der Waals surface area contributed by atoms with E-state index in [-0.39, 0.29) is 0 Å². The molecule has 0 spiro atoms. The van der Waals surface area contributed by atoms with Gasteiger partial charge in [0.2, 0.25) is 0 Å². The normalized spacial score (nSPS) is 23.3. The summed E-state index contributed by atoms with van der Waals surface area (Å²) in [7, 11) is 1.73. The highest BCUT2D eigenvalue weighted by Gasteiger charge is 2.35. The van der Waals surface area contributed by atoms with Crippen LogP contribution in [0.1, 0.15) is 18.5 Å². The Hall–Kier alpha value is -1.10. The van der Waals surface area contributed by atoms with Gasteiger partial charge in [0.05, 0.1) is 7.11 Å². The summed E-state index contributed by atoms with van der Waals surface area (Å²) in [4.78, 5) is 5.19. The number of nitrogens with zero attached hydrogens (tertiary/aromatic N) is 2. The van der Waals surface area contributed by atoms with Crippen LogP contribution in [0.15, 0.2) is 24.3 Å². The molecule has 0 saturated carbocycles. The highest BCUT2D eigenvalue weighted by atomic mass is 16.5. The highest BCUT2D eigenvalue weighted by molar-refractivity contribution is 5.30. The Labute approximate surface area is 121 Å². The molecule has 4 nitrogen and oxygen atoms in total. The Balaban J connectivity index is 1.55. The van der Waals surface area contributed by atoms with Gasteiger partial charge in [0.25, 0.3) is 0 Å². The molecule has 2 fully saturated rings. The molecule has 20 heavy (non-hydrogen) atoms. The van der Waals surface area contributed by atoms with Gasteiger partial charge in [-0.1, -0.05) is 12.1 Å². The first-order chi connectivity index (χ1) is 9.78. The molecule has 1 aromatic rings. The van der Waals surface area contributed by atoms with Crippen molar-refractivity contribution < 1.29 is 4.74 Å². The van der Waals surface area contributed by atoms with Gasteiger partial charge in [-0.2, -0.15) is 0 Å². The average Bonchev–Trinajstić information content (AvgIpc) is 2.47. The molecule has 0 bridgehead atoms. The summed E-state index contributed by atoms with van der Waals surface area (Å²) in [6.07, 6.45) is 0. The molecule has 0 aromatic heterocycles. The van der Waals surface area contributed by atoms with E-state index in [0.717, 1.165) is 24.9 Å². The fourth-order valence-corrected chi connectivity index (χ4v) is 3.19. The molecule has 0 aliphatic carbocycles. The quantitative estimate of drug-likeness (QED) is 0.897. The van der Waals surface area contributed by atoms with Crippen LogP contribution in [0, 0.1) is 0 Å². The lowest BCUT2D eigenvalue weighted by Crippen LogP contribution is -2.62. The van der Waals surface area contributed by atoms with E-state index < -0.39 is 0 Å². The maximum atomic E-state index is 5.32. The van der Waals surface area contributed by atoms with Gasteiger partial charge in [-0.25, -0.2) is 0 Å². The van der Waals surface area contributed by atoms with Crippen LogP contribution < -0.4 is 10.1 Å². The van der Waals surface area contributed by atoms with E-state index in [1.807, 2.05) is 6.07 Å². The summed E-state index contributed by atoms with van der Waals surface area (Å²) in [5, 5.41) is 3.42. The Morgan fingerprint density at radius 2 is 2.00 bits per heavy atom. The third kappa shape index (κ3) is 2.82. The van der Waals surface area contributed by atoms with Crippen molar-refractivity contribution in [2.45, 2.75) is 19.0 Å². The Morgan fingerprint density at radius 3 is 2.70 bits per heavy atom. The topological polar surface area (TPSA) is 27.7 Å². The summed E-state index contributed by atoms with van der Waals surface area (Å²) < 4.78 is 5.32. The van der Waals surface area contributed by atoms with Crippen LogP contribution in [-0.4, -0.2) is 62.2 Å². The van der Waals surface area contributed by atoms with E-state index >= 15 is 0 Å². The zero-order valence-corrected chi connectivity index (χ0v) is 12.5. The maximum Gasteiger partial charge on any atom is 0.119 e. The van der Waals surface area contributed by atoms with Gasteiger partial charge in [-0.3, -0.25) is 9.80 Å². The molecule has 3 rings (SSSR count). The lowest BCUT2D eigenvalue weighted by Gasteiger charge is -2.49. The number of rotatable bonds is 4. The first-order valence-electron chi connectivity index (χ1n) is 7.60. The van der Waals surface area contributed by atoms with Crippen molar-refractivity contribution in [1.29, 1.82) is 0 Å². The van der Waals surface area contributed by atoms with Crippen LogP contribution in [0.4, 0.5) is 0 Å². The van der Waals surface area contributed by atoms with Crippen molar-refractivity contribution in [3.63, 3.8) is 0 Å². The second-order valence-corrected chi connectivity index (χ2v) is 5.85. The monoisotopic (exact) mass is 275 g/mol. The number of hydrogen-bond donors (Lipinski definition) is 1. The zero-order chi connectivity index (χ0) is 13.9. The number of hydrogen-bond acceptors (Lipinski definition) is 4. The first kappa shape index (κ1) is 13.9. The SMILES string of the molecule is COc1cccc(C(C)N2CC(N3CCNCC3)C2)c1. The molecular weight excluding hydrogens is 250 g/mol. The molecule has 2 aliphatic heterocycles. The number of ether oxygens (including phenoxy) is 1. The molecule has 2 aliphatic rings. The van der Waals surface area contributed by atoms with Crippen LogP contribution in [0.2, 0.25) is 0 Å². The minimum Gasteiger partial charge on any atom is -0.497 e. The molecule has 1 N–H and O–H groups in total. The van der Waals surface area contributed by atoms with E-state index in [1.54, 1.807) is 7.11 Å². The number of benzene rings is 1. The number of likely N-dealkylation sites (tertiary alicyclic amines) is 1. The van der Waals surface area contributed by atoms with Crippen molar-refractivity contribution in [3.05, 3.63) is 29.8 Å². The smallest absolute Gasteiger partial charge is 0.119 e. The standard InChI is InChI=1S/C16H25N3O/c1-13(14-4-3-5-16(10-14)20-2)19-11-15(12-19)18-8-6-17-7-9-18/h3-5,10,13,15,17H,6-9,11-12H2,1-2H3. The number of piperazine rings is 1. The largest absolute Gasteiger partial charge is 0.497 e. The van der Waals surface area contributed by atoms with Crippen molar-refractivity contribution in [3.8, 4) is 5.75 Å². The van der Waals surface area contributed by atoms with Gasteiger partial charge in [-0.15, -0.1) is 0 Å². The van der Waals surface area contributed by atoms with Crippen LogP contribution in [-0.2, 0) is 0 Å². The number of methoxy groups -OCH3 is 1. The van der Waals surface area contributed by atoms with Crippen molar-refractivity contribution in [2.75, 3.05) is 46.4 Å². The minimum absolute atomic E-state index is 0.476. The Kier molecular flexibility index (Phi) is 4.24. The van der Waals surface area contributed by atoms with E-state index in [2.05, 4.69) is 40.2 Å². The van der Waals surface area contributed by atoms with Gasteiger partial charge in [0.1, 0.15) is 5.75 Å². The summed E-state index contributed by atoms with van der Waals surface area (Å²) in [6, 6.07) is 9.68. The average molecular weight is 275 g/mol. The lowest BCUT2D eigenvalue weighted by atomic mass is 9.99. The summed E-state index contributed by atoms with van der Waals surface area (Å²) in [5.74, 6) is 0.952. The third-order valence-electron chi connectivity index (χ3n) is 4.68. The molecule has 0 radical (unpaired) electrons. The van der Waals surface area contributed by atoms with Crippen molar-refractivity contribution >= 4 is 0 Å². The second-order valence-electron chi connectivity index (χ2n) is 5.85. The van der Waals surface area contributed by atoms with Gasteiger partial charge in [0, 0.05) is 51.4 Å². The van der Waals surface area contributed by atoms with Crippen LogP contribution in [0.3, 0.4) is 0 Å². The van der Waals surface area contributed by atoms with Gasteiger partial charge in [0.15, 0.2) is 0 Å². The molecule has 1 unspecified atom stereocenters. The zero-order valence-electron chi connectivity index (χ0n) is 12.5. The predicted molar refractivity (Wildman–Crippen MR) is 81.2 cm³/mol. The fourth-order valence-electron chi connectivity index (χ4n) is 3.19. The summed E-state index contributed by atoms with van der Waals surface area (Å²) in [5.41, 5.74) is 1.35. The Bertz CT molecular complexity index is 439. The minimum atomic E-state index is 0.476. The molecule has 1 aromatic carbocycles. The van der Waals surface area contributed by atoms with E-state index in [0.29, 0.717) is 6.04 Å². The second kappa shape index (κ2) is 6.12. The molecule has 2 heterocycles. The maximum absolute atomic E-state index is 5.32. The summed E-state index contributed by atoms with van der Waals surface area (Å²) in [6.45, 7) is 9.36. The highest BCUT2D eigenvalue weighted by Crippen LogP contribution is 2.29. The van der Waals surface area contributed by atoms with Gasteiger partial charge in [-0.05, 0) is 24.6 Å². The Morgan fingerprint density at radius 1 is 1.25 bits per heavy atom. The molecular formula is C16H25N3O. The van der Waals surface area contributed by atoms with Crippen LogP contribution in [0.25, 0.3) is 0 Å². The van der Waals surface area contributed by atoms with E-state index in [1.165, 1.54) is 31.7 Å². The summed E-state index contributed by atoms with van der Waals surface area (Å²) >= 11 is 0. The molecule has 4 heteroatoms. The fraction of sp³-hybridized carbons (Fsp3) is 0.625. The molecule has 110 valence electrons. The molecule has 2 saturated heterocycles. The van der Waals surface area contributed by atoms with Crippen LogP contribution >= 0.6 is 0 Å². The van der Waals surface area contributed by atoms with Gasteiger partial charge >= 0.3 is 0 Å². The van der Waals surface area contributed by atoms with E-state index in [9.17, 15) is 0 Å². The molecule has 0 amide bonds. The van der Waals surface area contributed by atoms with Crippen molar-refractivity contribution in [2.24, 2.45) is 0 Å². The predicted octanol–water partition coefficient (Wildman–Crippen LogP) is 1.35. The molecule has 1 atom stereocenters. The lowest BCUT2D eigenvalue weighted by molar-refractivity contribution is 0.00344. The first-order valence-corrected chi connectivity index (χ1v) is 7.60. The van der Waals surface area contributed by atoms with E-state index in [4.69, 9.17) is 4.74 Å². The van der Waals surface area contributed by atoms with Gasteiger partial charge < -0.3 is 10.1 Å². The van der Waals surface area contributed by atoms with Crippen molar-refractivity contribution in [1.82, 2.24) is 15.1 Å². The van der Waals surface area contributed by atoms with Crippen LogP contribution in [0.5, 0.6) is 5.75 Å².